The lowest BCUT2D eigenvalue weighted by Crippen LogP contribution is -2.18. The fourth-order valence-corrected chi connectivity index (χ4v) is 3.05. The minimum atomic E-state index is -4.91. The lowest BCUT2D eigenvalue weighted by Gasteiger charge is -2.14. The summed E-state index contributed by atoms with van der Waals surface area (Å²) >= 11 is 0. The minimum absolute atomic E-state index is 0.447. The van der Waals surface area contributed by atoms with Crippen LogP contribution in [0.4, 0.5) is 36.4 Å². The molecule has 4 rings (SSSR count). The topological polar surface area (TPSA) is 72.7 Å². The number of pyridine rings is 1. The zero-order chi connectivity index (χ0) is 24.6. The van der Waals surface area contributed by atoms with Crippen LogP contribution in [0, 0.1) is 23.3 Å². The number of rotatable bonds is 4. The van der Waals surface area contributed by atoms with E-state index in [9.17, 15) is 35.5 Å². The monoisotopic (exact) mass is 481 g/mol. The van der Waals surface area contributed by atoms with E-state index in [0.29, 0.717) is 29.1 Å². The summed E-state index contributed by atoms with van der Waals surface area (Å²) in [6.45, 7) is 0. The van der Waals surface area contributed by atoms with Crippen LogP contribution in [-0.4, -0.2) is 25.9 Å². The maximum absolute atomic E-state index is 14.6. The highest BCUT2D eigenvalue weighted by molar-refractivity contribution is 6.04. The molecule has 0 saturated heterocycles. The van der Waals surface area contributed by atoms with Crippen LogP contribution in [0.15, 0.2) is 55.0 Å². The van der Waals surface area contributed by atoms with E-state index in [1.807, 2.05) is 5.32 Å². The number of hydrogen-bond acceptors (Lipinski definition) is 4. The van der Waals surface area contributed by atoms with E-state index < -0.39 is 69.1 Å². The summed E-state index contributed by atoms with van der Waals surface area (Å²) in [6, 6.07) is 3.70. The van der Waals surface area contributed by atoms with Gasteiger partial charge in [-0.15, -0.1) is 4.80 Å². The third-order valence-electron chi connectivity index (χ3n) is 4.56. The predicted molar refractivity (Wildman–Crippen MR) is 104 cm³/mol. The molecule has 13 heteroatoms. The molecule has 0 bridgehead atoms. The molecule has 0 aliphatic heterocycles. The predicted octanol–water partition coefficient (Wildman–Crippen LogP) is 5.16. The summed E-state index contributed by atoms with van der Waals surface area (Å²) in [6.07, 6.45) is -1.79. The van der Waals surface area contributed by atoms with Crippen molar-refractivity contribution in [1.82, 2.24) is 20.0 Å². The van der Waals surface area contributed by atoms with Crippen molar-refractivity contribution in [2.24, 2.45) is 0 Å². The minimum Gasteiger partial charge on any atom is -0.320 e. The van der Waals surface area contributed by atoms with E-state index in [0.717, 1.165) is 30.7 Å². The molecule has 2 aromatic heterocycles. The average molecular weight is 481 g/mol. The fraction of sp³-hybridized carbons (Fsp3) is 0.0476. The van der Waals surface area contributed by atoms with Gasteiger partial charge in [-0.1, -0.05) is 0 Å². The summed E-state index contributed by atoms with van der Waals surface area (Å²) < 4.78 is 96.6. The van der Waals surface area contributed by atoms with Gasteiger partial charge in [0.2, 0.25) is 0 Å². The standard InChI is InChI=1S/C21H10F7N5O/c22-10-1-2-12(16(23)5-10)13-7-18(25)14(8-17(13)24)20(34)32-11-6-15(21(26,27)28)19(29-9-11)33-30-3-4-31-33/h1-9H,(H,32,34). The first-order chi connectivity index (χ1) is 16.0. The smallest absolute Gasteiger partial charge is 0.320 e. The van der Waals surface area contributed by atoms with Crippen LogP contribution < -0.4 is 5.32 Å². The first-order valence-corrected chi connectivity index (χ1v) is 9.24. The first kappa shape index (κ1) is 22.9. The zero-order valence-electron chi connectivity index (χ0n) is 16.5. The van der Waals surface area contributed by atoms with Crippen molar-refractivity contribution >= 4 is 11.6 Å². The van der Waals surface area contributed by atoms with Gasteiger partial charge in [0.1, 0.15) is 28.8 Å². The van der Waals surface area contributed by atoms with Crippen molar-refractivity contribution in [2.45, 2.75) is 6.18 Å². The van der Waals surface area contributed by atoms with Crippen LogP contribution in [0.3, 0.4) is 0 Å². The van der Waals surface area contributed by atoms with Gasteiger partial charge in [-0.25, -0.2) is 22.5 Å². The molecule has 4 aromatic rings. The Bertz CT molecular complexity index is 1390. The Morgan fingerprint density at radius 2 is 1.53 bits per heavy atom. The van der Waals surface area contributed by atoms with Crippen molar-refractivity contribution in [3.05, 3.63) is 89.4 Å². The molecule has 1 N–H and O–H groups in total. The molecule has 1 amide bonds. The van der Waals surface area contributed by atoms with E-state index in [2.05, 4.69) is 15.2 Å². The molecule has 174 valence electrons. The third kappa shape index (κ3) is 4.44. The van der Waals surface area contributed by atoms with E-state index in [1.54, 1.807) is 0 Å². The van der Waals surface area contributed by atoms with Crippen molar-refractivity contribution in [1.29, 1.82) is 0 Å². The summed E-state index contributed by atoms with van der Waals surface area (Å²) in [5.74, 6) is -6.56. The van der Waals surface area contributed by atoms with Gasteiger partial charge in [0.25, 0.3) is 5.91 Å². The lowest BCUT2D eigenvalue weighted by atomic mass is 10.0. The maximum atomic E-state index is 14.6. The second-order valence-corrected chi connectivity index (χ2v) is 6.80. The Morgan fingerprint density at radius 3 is 2.18 bits per heavy atom. The molecule has 6 nitrogen and oxygen atoms in total. The highest BCUT2D eigenvalue weighted by Gasteiger charge is 2.36. The van der Waals surface area contributed by atoms with Crippen molar-refractivity contribution in [3.8, 4) is 16.9 Å². The number of alkyl halides is 3. The molecule has 0 unspecified atom stereocenters. The Balaban J connectivity index is 1.66. The second-order valence-electron chi connectivity index (χ2n) is 6.80. The largest absolute Gasteiger partial charge is 0.420 e. The molecule has 0 atom stereocenters. The van der Waals surface area contributed by atoms with Gasteiger partial charge in [-0.2, -0.15) is 23.4 Å². The summed E-state index contributed by atoms with van der Waals surface area (Å²) in [5, 5.41) is 9.17. The van der Waals surface area contributed by atoms with E-state index in [4.69, 9.17) is 0 Å². The molecule has 2 heterocycles. The molecule has 0 aliphatic carbocycles. The zero-order valence-corrected chi connectivity index (χ0v) is 16.5. The van der Waals surface area contributed by atoms with Crippen LogP contribution in [0.1, 0.15) is 15.9 Å². The van der Waals surface area contributed by atoms with Crippen molar-refractivity contribution in [3.63, 3.8) is 0 Å². The number of aromatic nitrogens is 4. The van der Waals surface area contributed by atoms with Gasteiger partial charge in [0.05, 0.1) is 29.8 Å². The molecule has 0 aliphatic rings. The molecule has 2 aromatic carbocycles. The molecule has 0 saturated carbocycles. The van der Waals surface area contributed by atoms with Gasteiger partial charge in [0.15, 0.2) is 5.82 Å². The third-order valence-corrected chi connectivity index (χ3v) is 4.56. The molecular formula is C21H10F7N5O. The van der Waals surface area contributed by atoms with Gasteiger partial charge < -0.3 is 5.32 Å². The SMILES string of the molecule is O=C(Nc1cnc(-n2nccn2)c(C(F)(F)F)c1)c1cc(F)c(-c2ccc(F)cc2F)cc1F. The molecule has 0 fully saturated rings. The van der Waals surface area contributed by atoms with E-state index in [1.165, 1.54) is 0 Å². The quantitative estimate of drug-likeness (QED) is 0.409. The first-order valence-electron chi connectivity index (χ1n) is 9.24. The number of nitrogens with one attached hydrogen (secondary N) is 1. The number of benzene rings is 2. The Hall–Kier alpha value is -4.29. The maximum Gasteiger partial charge on any atom is 0.420 e. The molecule has 34 heavy (non-hydrogen) atoms. The van der Waals surface area contributed by atoms with Crippen LogP contribution >= 0.6 is 0 Å². The molecular weight excluding hydrogens is 471 g/mol. The van der Waals surface area contributed by atoms with Crippen LogP contribution in [0.5, 0.6) is 0 Å². The van der Waals surface area contributed by atoms with Gasteiger partial charge >= 0.3 is 6.18 Å². The summed E-state index contributed by atoms with van der Waals surface area (Å²) in [7, 11) is 0. The fourth-order valence-electron chi connectivity index (χ4n) is 3.05. The number of amides is 1. The number of hydrogen-bond donors (Lipinski definition) is 1. The molecule has 0 radical (unpaired) electrons. The Labute approximate surface area is 185 Å². The van der Waals surface area contributed by atoms with Crippen LogP contribution in [0.25, 0.3) is 16.9 Å². The normalized spacial score (nSPS) is 11.5. The molecule has 0 spiro atoms. The average Bonchev–Trinajstić information content (AvgIpc) is 3.29. The number of carbonyl (C=O) groups is 1. The second kappa shape index (κ2) is 8.57. The number of carbonyl (C=O) groups excluding carboxylic acids is 1. The number of anilines is 1. The Kier molecular flexibility index (Phi) is 5.77. The van der Waals surface area contributed by atoms with Gasteiger partial charge in [-0.05, 0) is 30.3 Å². The van der Waals surface area contributed by atoms with Crippen molar-refractivity contribution in [2.75, 3.05) is 5.32 Å². The summed E-state index contributed by atoms with van der Waals surface area (Å²) in [5.41, 5.74) is -3.66. The van der Waals surface area contributed by atoms with Crippen molar-refractivity contribution < 1.29 is 35.5 Å². The Morgan fingerprint density at radius 1 is 0.853 bits per heavy atom. The number of halogens is 7. The summed E-state index contributed by atoms with van der Waals surface area (Å²) in [4.78, 5) is 16.7. The van der Waals surface area contributed by atoms with Crippen LogP contribution in [0.2, 0.25) is 0 Å². The van der Waals surface area contributed by atoms with E-state index in [-0.39, 0.29) is 0 Å². The lowest BCUT2D eigenvalue weighted by molar-refractivity contribution is -0.137. The van der Waals surface area contributed by atoms with Gasteiger partial charge in [0, 0.05) is 17.2 Å². The van der Waals surface area contributed by atoms with Gasteiger partial charge in [-0.3, -0.25) is 4.79 Å². The highest BCUT2D eigenvalue weighted by Crippen LogP contribution is 2.34. The highest BCUT2D eigenvalue weighted by atomic mass is 19.4. The number of nitrogens with zero attached hydrogens (tertiary/aromatic N) is 4. The van der Waals surface area contributed by atoms with E-state index >= 15 is 0 Å². The van der Waals surface area contributed by atoms with Crippen LogP contribution in [-0.2, 0) is 6.18 Å².